The Hall–Kier alpha value is -0.976. The fourth-order valence-electron chi connectivity index (χ4n) is 2.97. The lowest BCUT2D eigenvalue weighted by atomic mass is 10.1. The Morgan fingerprint density at radius 2 is 1.38 bits per heavy atom. The van der Waals surface area contributed by atoms with Gasteiger partial charge in [0.15, 0.2) is 22.7 Å². The van der Waals surface area contributed by atoms with Crippen LogP contribution in [0.2, 0.25) is 36.3 Å². The first kappa shape index (κ1) is 29.3. The molecule has 0 unspecified atom stereocenters. The van der Waals surface area contributed by atoms with E-state index in [4.69, 9.17) is 17.8 Å². The summed E-state index contributed by atoms with van der Waals surface area (Å²) >= 11 is 0. The van der Waals surface area contributed by atoms with Crippen molar-refractivity contribution >= 4 is 26.8 Å². The van der Waals surface area contributed by atoms with E-state index in [1.807, 2.05) is 13.0 Å². The highest BCUT2D eigenvalue weighted by Gasteiger charge is 2.48. The van der Waals surface area contributed by atoms with Gasteiger partial charge in [0.05, 0.1) is 17.3 Å². The number of ether oxygens (including phenoxy) is 1. The fourth-order valence-corrected chi connectivity index (χ4v) is 6.45. The zero-order valence-electron chi connectivity index (χ0n) is 22.8. The first-order chi connectivity index (χ1) is 15.3. The van der Waals surface area contributed by atoms with Gasteiger partial charge in [-0.05, 0) is 61.4 Å². The second kappa shape index (κ2) is 10.2. The van der Waals surface area contributed by atoms with E-state index in [0.717, 1.165) is 5.56 Å². The smallest absolute Gasteiger partial charge is 0.297 e. The molecule has 3 atom stereocenters. The van der Waals surface area contributed by atoms with Crippen molar-refractivity contribution in [1.82, 2.24) is 0 Å². The quantitative estimate of drug-likeness (QED) is 0.287. The Balaban J connectivity index is 2.33. The lowest BCUT2D eigenvalue weighted by molar-refractivity contribution is -0.0655. The third-order valence-electron chi connectivity index (χ3n) is 7.38. The van der Waals surface area contributed by atoms with Crippen LogP contribution in [0.15, 0.2) is 41.5 Å². The normalized spacial score (nSPS) is 22.5. The van der Waals surface area contributed by atoms with Gasteiger partial charge in [-0.2, -0.15) is 8.42 Å². The molecule has 0 aromatic heterocycles. The second-order valence-electron chi connectivity index (χ2n) is 12.2. The van der Waals surface area contributed by atoms with Crippen LogP contribution < -0.4 is 0 Å². The van der Waals surface area contributed by atoms with Gasteiger partial charge in [0.2, 0.25) is 0 Å². The van der Waals surface area contributed by atoms with Crippen LogP contribution in [-0.2, 0) is 27.9 Å². The van der Waals surface area contributed by atoms with Gasteiger partial charge in [-0.15, -0.1) is 0 Å². The minimum Gasteiger partial charge on any atom is -0.493 e. The van der Waals surface area contributed by atoms with Crippen molar-refractivity contribution in [3.05, 3.63) is 42.2 Å². The maximum absolute atomic E-state index is 12.8. The number of aryl methyl sites for hydroxylation is 1. The van der Waals surface area contributed by atoms with Crippen LogP contribution in [0.25, 0.3) is 0 Å². The predicted octanol–water partition coefficient (Wildman–Crippen LogP) is 6.39. The van der Waals surface area contributed by atoms with Crippen molar-refractivity contribution in [3.8, 4) is 0 Å². The highest BCUT2D eigenvalue weighted by atomic mass is 32.2. The van der Waals surface area contributed by atoms with Crippen molar-refractivity contribution < 1.29 is 26.2 Å². The lowest BCUT2D eigenvalue weighted by Crippen LogP contribution is -2.57. The average Bonchev–Trinajstić information content (AvgIpc) is 2.66. The van der Waals surface area contributed by atoms with Crippen LogP contribution >= 0.6 is 0 Å². The van der Waals surface area contributed by atoms with E-state index < -0.39 is 39.0 Å². The molecule has 0 aliphatic carbocycles. The molecule has 1 aliphatic rings. The SMILES string of the molecule is Cc1ccc(S(=O)(=O)OC[C@H]2OC=C[C@@H](O[Si](C)(C)C(C)(C)C)[C@@H]2O[Si](C)(C)C(C)(C)C)cc1. The van der Waals surface area contributed by atoms with E-state index in [-0.39, 0.29) is 27.7 Å². The Bertz CT molecular complexity index is 957. The molecule has 9 heteroatoms. The summed E-state index contributed by atoms with van der Waals surface area (Å²) in [6.45, 7) is 23.6. The second-order valence-corrected chi connectivity index (χ2v) is 23.4. The molecule has 2 rings (SSSR count). The summed E-state index contributed by atoms with van der Waals surface area (Å²) in [4.78, 5) is 0.125. The molecule has 34 heavy (non-hydrogen) atoms. The molecule has 6 nitrogen and oxygen atoms in total. The molecular weight excluding hydrogens is 485 g/mol. The summed E-state index contributed by atoms with van der Waals surface area (Å²) in [6.07, 6.45) is 2.04. The first-order valence-corrected chi connectivity index (χ1v) is 19.1. The topological polar surface area (TPSA) is 71.1 Å². The highest BCUT2D eigenvalue weighted by Crippen LogP contribution is 2.42. The molecule has 0 fully saturated rings. The Morgan fingerprint density at radius 1 is 0.882 bits per heavy atom. The van der Waals surface area contributed by atoms with Crippen LogP contribution in [0.5, 0.6) is 0 Å². The van der Waals surface area contributed by atoms with E-state index >= 15 is 0 Å². The molecule has 1 aromatic rings. The zero-order chi connectivity index (χ0) is 26.2. The number of rotatable bonds is 8. The molecule has 1 aromatic carbocycles. The van der Waals surface area contributed by atoms with Gasteiger partial charge in [-0.25, -0.2) is 0 Å². The number of hydrogen-bond acceptors (Lipinski definition) is 6. The summed E-state index contributed by atoms with van der Waals surface area (Å²) in [5.41, 5.74) is 0.980. The summed E-state index contributed by atoms with van der Waals surface area (Å²) in [5.74, 6) is 0. The predicted molar refractivity (Wildman–Crippen MR) is 142 cm³/mol. The van der Waals surface area contributed by atoms with Gasteiger partial charge in [0.25, 0.3) is 10.1 Å². The highest BCUT2D eigenvalue weighted by molar-refractivity contribution is 7.86. The summed E-state index contributed by atoms with van der Waals surface area (Å²) < 4.78 is 50.6. The van der Waals surface area contributed by atoms with E-state index in [2.05, 4.69) is 67.7 Å². The van der Waals surface area contributed by atoms with Crippen molar-refractivity contribution in [1.29, 1.82) is 0 Å². The molecule has 0 bridgehead atoms. The Labute approximate surface area is 209 Å². The van der Waals surface area contributed by atoms with Crippen molar-refractivity contribution in [2.75, 3.05) is 6.61 Å². The minimum absolute atomic E-state index is 0.0153. The molecule has 1 aliphatic heterocycles. The van der Waals surface area contributed by atoms with E-state index in [1.165, 1.54) is 0 Å². The van der Waals surface area contributed by atoms with Gasteiger partial charge in [-0.1, -0.05) is 59.2 Å². The van der Waals surface area contributed by atoms with Gasteiger partial charge in [0, 0.05) is 0 Å². The standard InChI is InChI=1S/C25H44O6SSi2/c1-19-12-14-20(15-13-19)32(26,27)29-18-22-23(31-34(10,11)25(5,6)7)21(16-17-28-22)30-33(8,9)24(2,3)4/h12-17,21-23H,18H2,1-11H3/t21-,22-,23+/m1/s1. The molecule has 0 spiro atoms. The monoisotopic (exact) mass is 528 g/mol. The average molecular weight is 529 g/mol. The fraction of sp³-hybridized carbons (Fsp3) is 0.680. The van der Waals surface area contributed by atoms with E-state index in [1.54, 1.807) is 30.5 Å². The maximum Gasteiger partial charge on any atom is 0.297 e. The third kappa shape index (κ3) is 7.04. The lowest BCUT2D eigenvalue weighted by Gasteiger charge is -2.47. The summed E-state index contributed by atoms with van der Waals surface area (Å²) in [5, 5.41) is -0.0174. The number of benzene rings is 1. The van der Waals surface area contributed by atoms with E-state index in [9.17, 15) is 8.42 Å². The molecule has 194 valence electrons. The molecule has 0 N–H and O–H groups in total. The van der Waals surface area contributed by atoms with Gasteiger partial charge in [0.1, 0.15) is 12.7 Å². The van der Waals surface area contributed by atoms with Crippen LogP contribution in [0.3, 0.4) is 0 Å². The van der Waals surface area contributed by atoms with Gasteiger partial charge in [-0.3, -0.25) is 4.18 Å². The van der Waals surface area contributed by atoms with Crippen LogP contribution in [0.4, 0.5) is 0 Å². The molecule has 0 saturated heterocycles. The third-order valence-corrected chi connectivity index (χ3v) is 17.6. The van der Waals surface area contributed by atoms with Gasteiger partial charge >= 0.3 is 0 Å². The summed E-state index contributed by atoms with van der Waals surface area (Å²) in [7, 11) is -8.29. The van der Waals surface area contributed by atoms with Gasteiger partial charge < -0.3 is 13.6 Å². The van der Waals surface area contributed by atoms with E-state index in [0.29, 0.717) is 0 Å². The first-order valence-electron chi connectivity index (χ1n) is 11.9. The molecule has 0 amide bonds. The molecule has 1 heterocycles. The molecule has 0 radical (unpaired) electrons. The molecule has 0 saturated carbocycles. The maximum atomic E-state index is 12.8. The van der Waals surface area contributed by atoms with Crippen molar-refractivity contribution in [2.45, 2.75) is 108 Å². The number of hydrogen-bond donors (Lipinski definition) is 0. The van der Waals surface area contributed by atoms with Crippen LogP contribution in [0, 0.1) is 6.92 Å². The Morgan fingerprint density at radius 3 is 1.88 bits per heavy atom. The van der Waals surface area contributed by atoms with Crippen molar-refractivity contribution in [2.24, 2.45) is 0 Å². The van der Waals surface area contributed by atoms with Crippen molar-refractivity contribution in [3.63, 3.8) is 0 Å². The van der Waals surface area contributed by atoms with Crippen LogP contribution in [0.1, 0.15) is 47.1 Å². The largest absolute Gasteiger partial charge is 0.493 e. The zero-order valence-corrected chi connectivity index (χ0v) is 25.6. The molecular formula is C25H44O6SSi2. The Kier molecular flexibility index (Phi) is 8.76. The minimum atomic E-state index is -3.93. The van der Waals surface area contributed by atoms with Crippen LogP contribution in [-0.4, -0.2) is 50.0 Å². The summed E-state index contributed by atoms with van der Waals surface area (Å²) in [6, 6.07) is 6.61.